The molecule has 2 aromatic heterocycles. The molecule has 6 nitrogen and oxygen atoms in total. The Hall–Kier alpha value is -3.46. The predicted octanol–water partition coefficient (Wildman–Crippen LogP) is 5.09. The summed E-state index contributed by atoms with van der Waals surface area (Å²) in [5.41, 5.74) is 2.64. The molecule has 37 heavy (non-hydrogen) atoms. The van der Waals surface area contributed by atoms with E-state index in [-0.39, 0.29) is 12.2 Å². The number of rotatable bonds is 7. The lowest BCUT2D eigenvalue weighted by molar-refractivity contribution is -0.139. The number of aromatic nitrogens is 1. The summed E-state index contributed by atoms with van der Waals surface area (Å²) in [6.07, 6.45) is 1.83. The first-order valence-corrected chi connectivity index (χ1v) is 13.7. The minimum Gasteiger partial charge on any atom is -0.489 e. The second kappa shape index (κ2) is 10.9. The zero-order valence-electron chi connectivity index (χ0n) is 20.1. The van der Waals surface area contributed by atoms with Crippen molar-refractivity contribution in [2.45, 2.75) is 26.5 Å². The minimum atomic E-state index is -0.568. The maximum Gasteiger partial charge on any atom is 0.338 e. The van der Waals surface area contributed by atoms with Gasteiger partial charge in [-0.05, 0) is 66.8 Å². The van der Waals surface area contributed by atoms with Crippen LogP contribution in [0.25, 0.3) is 6.08 Å². The van der Waals surface area contributed by atoms with Crippen LogP contribution < -0.4 is 19.6 Å². The van der Waals surface area contributed by atoms with Gasteiger partial charge in [-0.3, -0.25) is 9.36 Å². The number of thiophene rings is 1. The molecule has 4 aromatic rings. The van der Waals surface area contributed by atoms with Crippen LogP contribution >= 0.6 is 34.3 Å². The number of benzene rings is 2. The van der Waals surface area contributed by atoms with E-state index < -0.39 is 12.0 Å². The average Bonchev–Trinajstić information content (AvgIpc) is 3.52. The molecule has 1 atom stereocenters. The van der Waals surface area contributed by atoms with Gasteiger partial charge in [-0.25, -0.2) is 9.79 Å². The van der Waals surface area contributed by atoms with E-state index in [9.17, 15) is 9.59 Å². The van der Waals surface area contributed by atoms with Gasteiger partial charge >= 0.3 is 5.97 Å². The summed E-state index contributed by atoms with van der Waals surface area (Å²) in [4.78, 5) is 32.5. The quantitative estimate of drug-likeness (QED) is 0.300. The number of carbonyl (C=O) groups is 1. The summed E-state index contributed by atoms with van der Waals surface area (Å²) in [6.45, 7) is 4.22. The Morgan fingerprint density at radius 3 is 2.57 bits per heavy atom. The first kappa shape index (κ1) is 25.2. The van der Waals surface area contributed by atoms with Crippen molar-refractivity contribution in [1.82, 2.24) is 4.57 Å². The van der Waals surface area contributed by atoms with Crippen molar-refractivity contribution in [1.29, 1.82) is 0 Å². The van der Waals surface area contributed by atoms with Crippen molar-refractivity contribution >= 4 is 46.3 Å². The molecule has 0 fully saturated rings. The third-order valence-electron chi connectivity index (χ3n) is 5.83. The van der Waals surface area contributed by atoms with Crippen LogP contribution in [0.4, 0.5) is 0 Å². The number of esters is 1. The Kier molecular flexibility index (Phi) is 7.41. The van der Waals surface area contributed by atoms with Crippen LogP contribution in [0.3, 0.4) is 0 Å². The van der Waals surface area contributed by atoms with Gasteiger partial charge in [-0.15, -0.1) is 11.3 Å². The highest BCUT2D eigenvalue weighted by atomic mass is 35.5. The van der Waals surface area contributed by atoms with Gasteiger partial charge in [-0.1, -0.05) is 53.3 Å². The van der Waals surface area contributed by atoms with E-state index in [1.165, 1.54) is 22.7 Å². The summed E-state index contributed by atoms with van der Waals surface area (Å²) in [6, 6.07) is 18.3. The Balaban J connectivity index is 1.46. The summed E-state index contributed by atoms with van der Waals surface area (Å²) in [5.74, 6) is 0.270. The SMILES string of the molecule is CCOC(=O)C1=C(C)N=c2s/c(=C/c3ccc(OCc4ccc(Cl)cc4)cc3)c(=O)n2[C@H]1c1cccs1. The molecule has 3 heterocycles. The Labute approximate surface area is 226 Å². The summed E-state index contributed by atoms with van der Waals surface area (Å²) < 4.78 is 13.3. The van der Waals surface area contributed by atoms with Gasteiger partial charge in [0.2, 0.25) is 0 Å². The van der Waals surface area contributed by atoms with Gasteiger partial charge in [0.15, 0.2) is 4.80 Å². The van der Waals surface area contributed by atoms with Crippen molar-refractivity contribution in [3.8, 4) is 5.75 Å². The molecule has 0 saturated heterocycles. The first-order valence-electron chi connectivity index (χ1n) is 11.6. The second-order valence-electron chi connectivity index (χ2n) is 8.30. The monoisotopic (exact) mass is 550 g/mol. The third kappa shape index (κ3) is 5.32. The molecule has 9 heteroatoms. The van der Waals surface area contributed by atoms with Crippen LogP contribution in [0.1, 0.15) is 35.9 Å². The molecule has 0 spiro atoms. The largest absolute Gasteiger partial charge is 0.489 e. The van der Waals surface area contributed by atoms with E-state index in [1.807, 2.05) is 72.1 Å². The van der Waals surface area contributed by atoms with Gasteiger partial charge in [0.25, 0.3) is 5.56 Å². The fraction of sp³-hybridized carbons (Fsp3) is 0.179. The van der Waals surface area contributed by atoms with Gasteiger partial charge in [0.05, 0.1) is 22.4 Å². The molecule has 5 rings (SSSR count). The normalized spacial score (nSPS) is 15.3. The fourth-order valence-electron chi connectivity index (χ4n) is 4.07. The van der Waals surface area contributed by atoms with Crippen molar-refractivity contribution in [2.24, 2.45) is 4.99 Å². The zero-order chi connectivity index (χ0) is 25.9. The molecule has 188 valence electrons. The Morgan fingerprint density at radius 1 is 1.14 bits per heavy atom. The smallest absolute Gasteiger partial charge is 0.338 e. The molecule has 0 saturated carbocycles. The molecule has 1 aliphatic heterocycles. The predicted molar refractivity (Wildman–Crippen MR) is 147 cm³/mol. The number of ether oxygens (including phenoxy) is 2. The van der Waals surface area contributed by atoms with Gasteiger partial charge in [-0.2, -0.15) is 0 Å². The number of hydrogen-bond donors (Lipinski definition) is 0. The summed E-state index contributed by atoms with van der Waals surface area (Å²) >= 11 is 8.73. The van der Waals surface area contributed by atoms with Crippen molar-refractivity contribution in [3.63, 3.8) is 0 Å². The van der Waals surface area contributed by atoms with E-state index in [4.69, 9.17) is 21.1 Å². The molecule has 0 amide bonds. The highest BCUT2D eigenvalue weighted by Crippen LogP contribution is 2.33. The van der Waals surface area contributed by atoms with Crippen molar-refractivity contribution in [3.05, 3.63) is 118 Å². The highest BCUT2D eigenvalue weighted by molar-refractivity contribution is 7.10. The summed E-state index contributed by atoms with van der Waals surface area (Å²) in [5, 5.41) is 2.62. The number of carbonyl (C=O) groups excluding carboxylic acids is 1. The molecule has 0 N–H and O–H groups in total. The molecular weight excluding hydrogens is 528 g/mol. The van der Waals surface area contributed by atoms with Crippen LogP contribution in [0.5, 0.6) is 5.75 Å². The van der Waals surface area contributed by atoms with Crippen molar-refractivity contribution < 1.29 is 14.3 Å². The van der Waals surface area contributed by atoms with E-state index in [0.29, 0.717) is 32.2 Å². The van der Waals surface area contributed by atoms with Crippen LogP contribution in [0.15, 0.2) is 87.1 Å². The summed E-state index contributed by atoms with van der Waals surface area (Å²) in [7, 11) is 0. The molecule has 1 aliphatic rings. The standard InChI is InChI=1S/C28H23ClN2O4S2/c1-3-34-27(33)24-17(2)30-28-31(25(24)22-5-4-14-36-22)26(32)23(37-28)15-18-8-12-21(13-9-18)35-16-19-6-10-20(29)11-7-19/h4-15,25H,3,16H2,1-2H3/b23-15+/t25-/m0/s1. The molecular formula is C28H23ClN2O4S2. The Morgan fingerprint density at radius 2 is 1.89 bits per heavy atom. The van der Waals surface area contributed by atoms with Gasteiger partial charge in [0, 0.05) is 9.90 Å². The van der Waals surface area contributed by atoms with E-state index >= 15 is 0 Å². The van der Waals surface area contributed by atoms with Crippen LogP contribution in [-0.2, 0) is 16.1 Å². The maximum absolute atomic E-state index is 13.6. The fourth-order valence-corrected chi connectivity index (χ4v) is 6.06. The lowest BCUT2D eigenvalue weighted by Gasteiger charge is -2.23. The van der Waals surface area contributed by atoms with Crippen LogP contribution in [0, 0.1) is 0 Å². The second-order valence-corrected chi connectivity index (χ2v) is 10.7. The van der Waals surface area contributed by atoms with E-state index in [1.54, 1.807) is 18.4 Å². The molecule has 2 aromatic carbocycles. The Bertz CT molecular complexity index is 1630. The van der Waals surface area contributed by atoms with Crippen LogP contribution in [-0.4, -0.2) is 17.1 Å². The number of fused-ring (bicyclic) bond motifs is 1. The van der Waals surface area contributed by atoms with Gasteiger partial charge < -0.3 is 9.47 Å². The number of thiazole rings is 1. The maximum atomic E-state index is 13.6. The first-order chi connectivity index (χ1) is 17.9. The molecule has 0 aliphatic carbocycles. The van der Waals surface area contributed by atoms with Crippen LogP contribution in [0.2, 0.25) is 5.02 Å². The topological polar surface area (TPSA) is 69.9 Å². The number of allylic oxidation sites excluding steroid dienone is 1. The minimum absolute atomic E-state index is 0.195. The highest BCUT2D eigenvalue weighted by Gasteiger charge is 2.33. The van der Waals surface area contributed by atoms with E-state index in [0.717, 1.165) is 21.8 Å². The third-order valence-corrected chi connectivity index (χ3v) is 7.99. The number of halogens is 1. The van der Waals surface area contributed by atoms with Gasteiger partial charge in [0.1, 0.15) is 18.4 Å². The molecule has 0 unspecified atom stereocenters. The average molecular weight is 551 g/mol. The molecule has 0 bridgehead atoms. The number of hydrogen-bond acceptors (Lipinski definition) is 7. The van der Waals surface area contributed by atoms with Crippen molar-refractivity contribution in [2.75, 3.05) is 6.61 Å². The van der Waals surface area contributed by atoms with E-state index in [2.05, 4.69) is 4.99 Å². The lowest BCUT2D eigenvalue weighted by atomic mass is 10.0. The molecule has 0 radical (unpaired) electrons. The number of nitrogens with zero attached hydrogens (tertiary/aromatic N) is 2. The zero-order valence-corrected chi connectivity index (χ0v) is 22.5. The lowest BCUT2D eigenvalue weighted by Crippen LogP contribution is -2.39.